The molecule has 0 heterocycles. The van der Waals surface area contributed by atoms with Gasteiger partial charge in [-0.05, 0) is 13.3 Å². The fourth-order valence-corrected chi connectivity index (χ4v) is 5.90. The average molecular weight is 242 g/mol. The van der Waals surface area contributed by atoms with Crippen LogP contribution in [-0.4, -0.2) is 27.4 Å². The highest BCUT2D eigenvalue weighted by molar-refractivity contribution is 6.58. The van der Waals surface area contributed by atoms with E-state index < -0.39 is 0 Å². The van der Waals surface area contributed by atoms with Gasteiger partial charge in [0.05, 0.1) is 0 Å². The van der Waals surface area contributed by atoms with E-state index in [1.807, 2.05) is 0 Å². The fourth-order valence-electron chi connectivity index (χ4n) is 2.20. The maximum absolute atomic E-state index is 5.39. The highest BCUT2D eigenvalue weighted by Crippen LogP contribution is 2.16. The van der Waals surface area contributed by atoms with Gasteiger partial charge in [-0.2, -0.15) is 0 Å². The van der Waals surface area contributed by atoms with Crippen LogP contribution in [0.15, 0.2) is 0 Å². The fraction of sp³-hybridized carbons (Fsp3) is 1.00. The summed E-state index contributed by atoms with van der Waals surface area (Å²) in [6, 6.07) is 0. The molecule has 2 heteroatoms. The first-order chi connectivity index (χ1) is 7.85. The number of hydrogen-bond donors (Lipinski definition) is 0. The quantitative estimate of drug-likeness (QED) is 0.349. The van der Waals surface area contributed by atoms with Gasteiger partial charge in [0, 0.05) is 13.2 Å². The van der Waals surface area contributed by atoms with Gasteiger partial charge in [-0.3, -0.25) is 0 Å². The Morgan fingerprint density at radius 3 is 1.81 bits per heavy atom. The third-order valence-electron chi connectivity index (χ3n) is 3.29. The van der Waals surface area contributed by atoms with Gasteiger partial charge in [0.1, 0.15) is 0 Å². The van der Waals surface area contributed by atoms with Gasteiger partial charge in [0.2, 0.25) is 0 Å². The molecular weight excluding hydrogens is 211 g/mol. The van der Waals surface area contributed by atoms with Crippen LogP contribution in [0.25, 0.3) is 0 Å². The zero-order chi connectivity index (χ0) is 12.1. The van der Waals surface area contributed by atoms with Gasteiger partial charge in [-0.1, -0.05) is 61.8 Å². The molecule has 0 aliphatic heterocycles. The summed E-state index contributed by atoms with van der Waals surface area (Å²) in [5.41, 5.74) is 0. The lowest BCUT2D eigenvalue weighted by molar-refractivity contribution is 0.144. The van der Waals surface area contributed by atoms with Crippen molar-refractivity contribution in [1.29, 1.82) is 0 Å². The summed E-state index contributed by atoms with van der Waals surface area (Å²) in [6.45, 7) is 8.59. The zero-order valence-corrected chi connectivity index (χ0v) is 12.9. The number of ether oxygens (including phenoxy) is 1. The number of rotatable bonds is 12. The van der Waals surface area contributed by atoms with Gasteiger partial charge in [-0.25, -0.2) is 0 Å². The van der Waals surface area contributed by atoms with E-state index >= 15 is 0 Å². The molecule has 0 saturated heterocycles. The normalized spacial score (nSPS) is 10.7. The molecule has 96 valence electrons. The number of unbranched alkanes of at least 4 members (excludes halogenated alkanes) is 3. The van der Waals surface area contributed by atoms with Crippen molar-refractivity contribution < 1.29 is 4.74 Å². The first-order valence-corrected chi connectivity index (χ1v) is 9.87. The summed E-state index contributed by atoms with van der Waals surface area (Å²) >= 11 is -0.376. The van der Waals surface area contributed by atoms with Crippen molar-refractivity contribution in [2.24, 2.45) is 0 Å². The Bertz CT molecular complexity index is 120. The molecule has 0 aliphatic rings. The van der Waals surface area contributed by atoms with Crippen molar-refractivity contribution in [3.05, 3.63) is 0 Å². The lowest BCUT2D eigenvalue weighted by atomic mass is 10.3. The van der Waals surface area contributed by atoms with Crippen LogP contribution < -0.4 is 0 Å². The highest BCUT2D eigenvalue weighted by Gasteiger charge is 2.14. The van der Waals surface area contributed by atoms with Crippen LogP contribution in [0.5, 0.6) is 0 Å². The Morgan fingerprint density at radius 1 is 0.750 bits per heavy atom. The standard InChI is InChI=1S/C6H13O.2C4H9.Al/c1-3-5-6-7-4-2;2*1-3-4-2;/h1,3-6H2,2H3;2*1,3-4H2,2H3;. The van der Waals surface area contributed by atoms with Crippen LogP contribution in [0, 0.1) is 0 Å². The summed E-state index contributed by atoms with van der Waals surface area (Å²) in [4.78, 5) is 0. The predicted molar refractivity (Wildman–Crippen MR) is 75.7 cm³/mol. The van der Waals surface area contributed by atoms with Gasteiger partial charge < -0.3 is 4.74 Å². The molecule has 0 fully saturated rings. The van der Waals surface area contributed by atoms with E-state index in [1.165, 1.54) is 38.5 Å². The Morgan fingerprint density at radius 2 is 1.31 bits per heavy atom. The minimum absolute atomic E-state index is 0.376. The summed E-state index contributed by atoms with van der Waals surface area (Å²) < 4.78 is 5.39. The first kappa shape index (κ1) is 16.5. The van der Waals surface area contributed by atoms with Crippen LogP contribution in [-0.2, 0) is 4.74 Å². The number of hydrogen-bond acceptors (Lipinski definition) is 1. The highest BCUT2D eigenvalue weighted by atomic mass is 27.2. The third kappa shape index (κ3) is 11.0. The van der Waals surface area contributed by atoms with E-state index in [-0.39, 0.29) is 14.1 Å². The molecule has 0 spiro atoms. The van der Waals surface area contributed by atoms with E-state index in [0.717, 1.165) is 13.2 Å². The molecule has 0 aromatic heterocycles. The third-order valence-corrected chi connectivity index (χ3v) is 6.96. The topological polar surface area (TPSA) is 9.23 Å². The molecule has 0 rings (SSSR count). The van der Waals surface area contributed by atoms with Gasteiger partial charge >= 0.3 is 0 Å². The molecule has 0 radical (unpaired) electrons. The minimum Gasteiger partial charge on any atom is -0.382 e. The molecular formula is C14H31AlO. The van der Waals surface area contributed by atoms with Crippen molar-refractivity contribution in [2.45, 2.75) is 75.1 Å². The second-order valence-electron chi connectivity index (χ2n) is 4.84. The average Bonchev–Trinajstić information content (AvgIpc) is 2.31. The van der Waals surface area contributed by atoms with Crippen LogP contribution in [0.2, 0.25) is 15.8 Å². The molecule has 0 unspecified atom stereocenters. The van der Waals surface area contributed by atoms with Crippen LogP contribution in [0.4, 0.5) is 0 Å². The molecule has 0 aromatic rings. The van der Waals surface area contributed by atoms with E-state index in [1.54, 1.807) is 15.8 Å². The van der Waals surface area contributed by atoms with Gasteiger partial charge in [0.25, 0.3) is 14.1 Å². The summed E-state index contributed by atoms with van der Waals surface area (Å²) in [6.07, 6.45) is 8.43. The monoisotopic (exact) mass is 242 g/mol. The Kier molecular flexibility index (Phi) is 14.0. The molecule has 0 saturated carbocycles. The molecule has 0 amide bonds. The Labute approximate surface area is 107 Å². The second-order valence-corrected chi connectivity index (χ2v) is 8.31. The summed E-state index contributed by atoms with van der Waals surface area (Å²) in [7, 11) is 0. The zero-order valence-electron chi connectivity index (χ0n) is 11.8. The molecule has 1 nitrogen and oxygen atoms in total. The Hall–Kier alpha value is 0.492. The van der Waals surface area contributed by atoms with Crippen LogP contribution >= 0.6 is 0 Å². The van der Waals surface area contributed by atoms with Gasteiger partial charge in [-0.15, -0.1) is 0 Å². The van der Waals surface area contributed by atoms with E-state index in [0.29, 0.717) is 0 Å². The minimum atomic E-state index is -0.376. The molecule has 0 aromatic carbocycles. The molecule has 0 bridgehead atoms. The molecule has 0 aliphatic carbocycles. The van der Waals surface area contributed by atoms with Crippen molar-refractivity contribution in [3.63, 3.8) is 0 Å². The molecule has 0 N–H and O–H groups in total. The van der Waals surface area contributed by atoms with Crippen molar-refractivity contribution in [2.75, 3.05) is 13.2 Å². The van der Waals surface area contributed by atoms with Crippen LogP contribution in [0.3, 0.4) is 0 Å². The smallest absolute Gasteiger partial charge is 0.261 e. The van der Waals surface area contributed by atoms with E-state index in [2.05, 4.69) is 20.8 Å². The lowest BCUT2D eigenvalue weighted by Crippen LogP contribution is -2.12. The second kappa shape index (κ2) is 13.6. The molecule has 16 heavy (non-hydrogen) atoms. The van der Waals surface area contributed by atoms with E-state index in [4.69, 9.17) is 4.74 Å². The van der Waals surface area contributed by atoms with Crippen molar-refractivity contribution >= 4 is 14.1 Å². The van der Waals surface area contributed by atoms with Crippen molar-refractivity contribution in [1.82, 2.24) is 0 Å². The largest absolute Gasteiger partial charge is 0.382 e. The summed E-state index contributed by atoms with van der Waals surface area (Å²) in [5, 5.41) is 4.74. The van der Waals surface area contributed by atoms with Gasteiger partial charge in [0.15, 0.2) is 0 Å². The van der Waals surface area contributed by atoms with Crippen LogP contribution in [0.1, 0.15) is 59.3 Å². The summed E-state index contributed by atoms with van der Waals surface area (Å²) in [5.74, 6) is 0. The first-order valence-electron chi connectivity index (χ1n) is 7.42. The lowest BCUT2D eigenvalue weighted by Gasteiger charge is -2.10. The Balaban J connectivity index is 3.48. The predicted octanol–water partition coefficient (Wildman–Crippen LogP) is 4.90. The van der Waals surface area contributed by atoms with E-state index in [9.17, 15) is 0 Å². The SMILES string of the molecule is CCC[CH2][Al]([CH2]CCC)[CH2]CCCOCC. The van der Waals surface area contributed by atoms with Crippen molar-refractivity contribution in [3.8, 4) is 0 Å². The maximum atomic E-state index is 5.39. The maximum Gasteiger partial charge on any atom is 0.261 e. The molecule has 0 atom stereocenters.